The molecule has 6 N–H and O–H groups in total. The van der Waals surface area contributed by atoms with E-state index in [0.29, 0.717) is 19.3 Å². The van der Waals surface area contributed by atoms with E-state index in [1.165, 1.54) is 6.92 Å². The van der Waals surface area contributed by atoms with Crippen LogP contribution in [0.5, 0.6) is 0 Å². The molecule has 3 saturated carbocycles. The van der Waals surface area contributed by atoms with E-state index in [0.717, 1.165) is 18.4 Å². The number of aliphatic hydroxyl groups excluding tert-OH is 2. The molecule has 262 valence electrons. The lowest BCUT2D eigenvalue weighted by Gasteiger charge is -2.60. The van der Waals surface area contributed by atoms with E-state index >= 15 is 0 Å². The summed E-state index contributed by atoms with van der Waals surface area (Å²) in [6, 6.07) is -2.70. The zero-order chi connectivity index (χ0) is 35.1. The minimum atomic E-state index is -1.81. The highest BCUT2D eigenvalue weighted by Gasteiger charge is 2.68. The topological polar surface area (TPSA) is 217 Å². The van der Waals surface area contributed by atoms with Gasteiger partial charge in [0.1, 0.15) is 11.6 Å². The summed E-state index contributed by atoms with van der Waals surface area (Å²) in [5, 5.41) is 46.9. The fourth-order valence-corrected chi connectivity index (χ4v) is 9.12. The van der Waals surface area contributed by atoms with Crippen molar-refractivity contribution in [2.24, 2.45) is 34.5 Å². The molecule has 0 aromatic carbocycles. The van der Waals surface area contributed by atoms with Crippen molar-refractivity contribution in [3.05, 3.63) is 11.6 Å². The van der Waals surface area contributed by atoms with Gasteiger partial charge in [0, 0.05) is 18.3 Å². The van der Waals surface area contributed by atoms with Crippen LogP contribution >= 0.6 is 0 Å². The highest BCUT2D eigenvalue weighted by molar-refractivity contribution is 5.93. The summed E-state index contributed by atoms with van der Waals surface area (Å²) < 4.78 is 5.19. The summed E-state index contributed by atoms with van der Waals surface area (Å²) in [5.41, 5.74) is -1.95. The number of esters is 1. The molecule has 0 heterocycles. The van der Waals surface area contributed by atoms with Gasteiger partial charge in [0.25, 0.3) is 0 Å². The fraction of sp³-hybridized carbons (Fsp3) is 0.765. The van der Waals surface area contributed by atoms with E-state index < -0.39 is 83.8 Å². The van der Waals surface area contributed by atoms with Crippen LogP contribution in [-0.2, 0) is 33.5 Å². The summed E-state index contributed by atoms with van der Waals surface area (Å²) >= 11 is 0. The van der Waals surface area contributed by atoms with E-state index in [9.17, 15) is 49.2 Å². The molecule has 4 aliphatic carbocycles. The monoisotopic (exact) mass is 662 g/mol. The normalized spacial score (nSPS) is 34.9. The SMILES string of the molecule is CC(C)[C@@H](NC(=O)CCC(=O)OCC(=O)[C@@]1(O)CC[C@H]2[C@@H]3CCC4=CC(=O)CC[C@]4(C)[C@H]3[C@@H](O)C[C@@]21C)C(=O)N[C@@H](C(=O)O)[C@@H](C)O. The number of carboxylic acid groups (broad SMARTS) is 1. The van der Waals surface area contributed by atoms with Crippen LogP contribution in [0.3, 0.4) is 0 Å². The predicted octanol–water partition coefficient (Wildman–Crippen LogP) is 1.20. The molecule has 10 atom stereocenters. The van der Waals surface area contributed by atoms with Gasteiger partial charge in [-0.05, 0) is 80.6 Å². The number of ether oxygens (including phenoxy) is 1. The molecular formula is C34H50N2O11. The molecular weight excluding hydrogens is 612 g/mol. The molecule has 13 nitrogen and oxygen atoms in total. The molecule has 13 heteroatoms. The highest BCUT2D eigenvalue weighted by atomic mass is 16.5. The Morgan fingerprint density at radius 1 is 1.00 bits per heavy atom. The average molecular weight is 663 g/mol. The number of carbonyl (C=O) groups is 6. The number of hydrogen-bond donors (Lipinski definition) is 6. The van der Waals surface area contributed by atoms with Gasteiger partial charge < -0.3 is 35.8 Å². The third kappa shape index (κ3) is 6.89. The number of allylic oxidation sites excluding steroid dienone is 1. The molecule has 4 aliphatic rings. The minimum absolute atomic E-state index is 0.0299. The van der Waals surface area contributed by atoms with Crippen LogP contribution in [0.4, 0.5) is 0 Å². The van der Waals surface area contributed by atoms with Crippen LogP contribution in [0.2, 0.25) is 0 Å². The van der Waals surface area contributed by atoms with Crippen molar-refractivity contribution >= 4 is 35.3 Å². The van der Waals surface area contributed by atoms with Crippen molar-refractivity contribution in [1.82, 2.24) is 10.6 Å². The van der Waals surface area contributed by atoms with Gasteiger partial charge in [-0.3, -0.25) is 24.0 Å². The van der Waals surface area contributed by atoms with Crippen molar-refractivity contribution in [3.8, 4) is 0 Å². The first kappa shape index (κ1) is 36.7. The maximum absolute atomic E-state index is 13.5. The number of amides is 2. The van der Waals surface area contributed by atoms with Gasteiger partial charge in [0.15, 0.2) is 18.4 Å². The summed E-state index contributed by atoms with van der Waals surface area (Å²) in [5.74, 6) is -4.79. The molecule has 3 fully saturated rings. The number of carboxylic acids is 1. The van der Waals surface area contributed by atoms with Crippen molar-refractivity contribution in [3.63, 3.8) is 0 Å². The Labute approximate surface area is 274 Å². The van der Waals surface area contributed by atoms with Crippen LogP contribution < -0.4 is 10.6 Å². The number of fused-ring (bicyclic) bond motifs is 5. The number of rotatable bonds is 12. The number of carbonyl (C=O) groups excluding carboxylic acids is 5. The number of nitrogens with one attached hydrogen (secondary N) is 2. The van der Waals surface area contributed by atoms with Gasteiger partial charge in [-0.25, -0.2) is 4.79 Å². The number of aliphatic hydroxyl groups is 3. The summed E-state index contributed by atoms with van der Waals surface area (Å²) in [7, 11) is 0. The molecule has 0 bridgehead atoms. The maximum Gasteiger partial charge on any atom is 0.328 e. The van der Waals surface area contributed by atoms with Gasteiger partial charge >= 0.3 is 11.9 Å². The first-order valence-electron chi connectivity index (χ1n) is 16.7. The zero-order valence-corrected chi connectivity index (χ0v) is 27.9. The molecule has 0 aromatic rings. The average Bonchev–Trinajstić information content (AvgIpc) is 3.26. The third-order valence-electron chi connectivity index (χ3n) is 11.7. The second-order valence-electron chi connectivity index (χ2n) is 14.9. The summed E-state index contributed by atoms with van der Waals surface area (Å²) in [4.78, 5) is 74.7. The maximum atomic E-state index is 13.5. The molecule has 4 rings (SSSR count). The first-order chi connectivity index (χ1) is 21.9. The number of aliphatic carboxylic acids is 1. The van der Waals surface area contributed by atoms with E-state index in [1.807, 2.05) is 6.92 Å². The van der Waals surface area contributed by atoms with Crippen LogP contribution in [0.25, 0.3) is 0 Å². The Balaban J connectivity index is 1.32. The second kappa shape index (κ2) is 13.8. The second-order valence-corrected chi connectivity index (χ2v) is 14.9. The van der Waals surface area contributed by atoms with Crippen LogP contribution in [0.15, 0.2) is 11.6 Å². The number of ketones is 2. The smallest absolute Gasteiger partial charge is 0.328 e. The molecule has 0 aromatic heterocycles. The quantitative estimate of drug-likeness (QED) is 0.163. The van der Waals surface area contributed by atoms with Crippen LogP contribution in [0, 0.1) is 34.5 Å². The minimum Gasteiger partial charge on any atom is -0.480 e. The van der Waals surface area contributed by atoms with Gasteiger partial charge in [0.2, 0.25) is 17.6 Å². The molecule has 0 saturated heterocycles. The Morgan fingerprint density at radius 3 is 2.30 bits per heavy atom. The van der Waals surface area contributed by atoms with E-state index in [4.69, 9.17) is 4.74 Å². The van der Waals surface area contributed by atoms with Crippen molar-refractivity contribution in [1.29, 1.82) is 0 Å². The van der Waals surface area contributed by atoms with Gasteiger partial charge in [-0.2, -0.15) is 0 Å². The lowest BCUT2D eigenvalue weighted by molar-refractivity contribution is -0.184. The molecule has 0 aliphatic heterocycles. The standard InChI is InChI=1S/C34H50N2O11/c1-17(2)28(30(43)36-29(18(3)37)31(44)45)35-25(41)8-9-26(42)47-16-24(40)34(46)13-11-22-21-7-6-19-14-20(38)10-12-32(19,4)27(21)23(39)15-33(22,34)5/h14,17-18,21-23,27-29,37,39,46H,6-13,15-16H2,1-5H3,(H,35,41)(H,36,43)(H,44,45)/t18-,21+,22+,23+,27-,28-,29-,32+,33+,34+/m1/s1. The Hall–Kier alpha value is -3.16. The highest BCUT2D eigenvalue weighted by Crippen LogP contribution is 2.67. The lowest BCUT2D eigenvalue weighted by atomic mass is 9.45. The lowest BCUT2D eigenvalue weighted by Crippen LogP contribution is -2.62. The molecule has 0 spiro atoms. The molecule has 0 unspecified atom stereocenters. The first-order valence-corrected chi connectivity index (χ1v) is 16.7. The summed E-state index contributed by atoms with van der Waals surface area (Å²) in [6.07, 6.45) is 2.42. The van der Waals surface area contributed by atoms with E-state index in [-0.39, 0.29) is 48.2 Å². The van der Waals surface area contributed by atoms with Crippen LogP contribution in [0.1, 0.15) is 92.4 Å². The van der Waals surface area contributed by atoms with E-state index in [1.54, 1.807) is 19.9 Å². The largest absolute Gasteiger partial charge is 0.480 e. The number of hydrogen-bond acceptors (Lipinski definition) is 10. The van der Waals surface area contributed by atoms with Crippen LogP contribution in [-0.4, -0.2) is 92.2 Å². The fourth-order valence-electron chi connectivity index (χ4n) is 9.12. The molecule has 0 radical (unpaired) electrons. The molecule has 2 amide bonds. The van der Waals surface area contributed by atoms with Gasteiger partial charge in [0.05, 0.1) is 18.6 Å². The van der Waals surface area contributed by atoms with Gasteiger partial charge in [-0.1, -0.05) is 33.3 Å². The Kier molecular flexibility index (Phi) is 10.7. The summed E-state index contributed by atoms with van der Waals surface area (Å²) in [6.45, 7) is 7.75. The van der Waals surface area contributed by atoms with Crippen molar-refractivity contribution in [2.75, 3.05) is 6.61 Å². The molecule has 47 heavy (non-hydrogen) atoms. The van der Waals surface area contributed by atoms with E-state index in [2.05, 4.69) is 17.6 Å². The van der Waals surface area contributed by atoms with Crippen molar-refractivity contribution in [2.45, 2.75) is 122 Å². The van der Waals surface area contributed by atoms with Gasteiger partial charge in [-0.15, -0.1) is 0 Å². The predicted molar refractivity (Wildman–Crippen MR) is 166 cm³/mol. The third-order valence-corrected chi connectivity index (χ3v) is 11.7. The zero-order valence-electron chi connectivity index (χ0n) is 27.9. The Bertz CT molecular complexity index is 1330. The Morgan fingerprint density at radius 2 is 1.68 bits per heavy atom. The van der Waals surface area contributed by atoms with Crippen molar-refractivity contribution < 1.29 is 53.9 Å². The number of Topliss-reactive ketones (excluding diaryl/α,β-unsaturated/α-hetero) is 1.